The van der Waals surface area contributed by atoms with Gasteiger partial charge in [-0.2, -0.15) is 26.3 Å². The number of fused-ring (bicyclic) bond motifs is 1. The summed E-state index contributed by atoms with van der Waals surface area (Å²) in [5.74, 6) is -1.55. The number of benzene rings is 2. The Hall–Kier alpha value is -4.29. The van der Waals surface area contributed by atoms with Crippen LogP contribution < -0.4 is 9.47 Å². The third kappa shape index (κ3) is 6.15. The zero-order valence-corrected chi connectivity index (χ0v) is 19.3. The number of nitrogens with zero attached hydrogens (tertiary/aromatic N) is 2. The van der Waals surface area contributed by atoms with E-state index in [1.54, 1.807) is 18.2 Å². The van der Waals surface area contributed by atoms with Crippen LogP contribution in [0.4, 0.5) is 26.3 Å². The molecule has 1 aliphatic rings. The van der Waals surface area contributed by atoms with Crippen molar-refractivity contribution in [1.82, 2.24) is 9.88 Å². The molecule has 13 heteroatoms. The third-order valence-electron chi connectivity index (χ3n) is 5.58. The minimum absolute atomic E-state index is 0.0214. The SMILES string of the molecule is O=C(O)COc1cccc(-c2ccnc3c2CN(Cc2cc(C(F)(F)F)cc(C(F)(F)F)c2)C(=O)CO3)c1. The molecule has 3 aromatic rings. The molecule has 0 saturated heterocycles. The molecule has 0 radical (unpaired) electrons. The molecule has 0 bridgehead atoms. The second kappa shape index (κ2) is 10.2. The van der Waals surface area contributed by atoms with Crippen LogP contribution >= 0.6 is 0 Å². The van der Waals surface area contributed by atoms with Gasteiger partial charge in [-0.15, -0.1) is 0 Å². The monoisotopic (exact) mass is 540 g/mol. The molecule has 0 unspecified atom stereocenters. The van der Waals surface area contributed by atoms with Crippen LogP contribution in [0, 0.1) is 0 Å². The minimum atomic E-state index is -5.03. The van der Waals surface area contributed by atoms with Crippen molar-refractivity contribution in [2.75, 3.05) is 13.2 Å². The van der Waals surface area contributed by atoms with Crippen molar-refractivity contribution in [3.63, 3.8) is 0 Å². The summed E-state index contributed by atoms with van der Waals surface area (Å²) in [6.07, 6.45) is -8.65. The number of aliphatic carboxylic acids is 1. The summed E-state index contributed by atoms with van der Waals surface area (Å²) in [5, 5.41) is 8.84. The summed E-state index contributed by atoms with van der Waals surface area (Å²) in [4.78, 5) is 28.8. The largest absolute Gasteiger partial charge is 0.482 e. The summed E-state index contributed by atoms with van der Waals surface area (Å²) in [7, 11) is 0. The van der Waals surface area contributed by atoms with Gasteiger partial charge in [0.05, 0.1) is 17.7 Å². The van der Waals surface area contributed by atoms with E-state index in [4.69, 9.17) is 14.6 Å². The molecular formula is C25H18F6N2O5. The molecule has 38 heavy (non-hydrogen) atoms. The summed E-state index contributed by atoms with van der Waals surface area (Å²) in [5.41, 5.74) is -1.95. The number of carboxylic acids is 1. The van der Waals surface area contributed by atoms with Gasteiger partial charge in [0.25, 0.3) is 5.91 Å². The normalized spacial score (nSPS) is 13.9. The molecule has 1 aliphatic heterocycles. The van der Waals surface area contributed by atoms with Crippen molar-refractivity contribution < 1.29 is 50.5 Å². The summed E-state index contributed by atoms with van der Waals surface area (Å²) >= 11 is 0. The van der Waals surface area contributed by atoms with Crippen molar-refractivity contribution in [2.24, 2.45) is 0 Å². The van der Waals surface area contributed by atoms with E-state index in [0.29, 0.717) is 28.8 Å². The van der Waals surface area contributed by atoms with Gasteiger partial charge in [0, 0.05) is 18.3 Å². The smallest absolute Gasteiger partial charge is 0.416 e. The first-order valence-electron chi connectivity index (χ1n) is 10.9. The van der Waals surface area contributed by atoms with Crippen LogP contribution in [-0.4, -0.2) is 40.1 Å². The van der Waals surface area contributed by atoms with Gasteiger partial charge in [-0.25, -0.2) is 9.78 Å². The van der Waals surface area contributed by atoms with Gasteiger partial charge in [-0.1, -0.05) is 12.1 Å². The quantitative estimate of drug-likeness (QED) is 0.434. The highest BCUT2D eigenvalue weighted by Gasteiger charge is 2.37. The van der Waals surface area contributed by atoms with Crippen molar-refractivity contribution in [3.05, 3.63) is 77.0 Å². The van der Waals surface area contributed by atoms with Gasteiger partial charge in [0.1, 0.15) is 5.75 Å². The number of hydrogen-bond donors (Lipinski definition) is 1. The molecule has 0 aliphatic carbocycles. The highest BCUT2D eigenvalue weighted by Crippen LogP contribution is 2.38. The molecule has 1 N–H and O–H groups in total. The number of amides is 1. The van der Waals surface area contributed by atoms with E-state index in [-0.39, 0.29) is 29.8 Å². The number of carbonyl (C=O) groups excluding carboxylic acids is 1. The standard InChI is InChI=1S/C25H18F6N2O5/c26-24(27,28)16-6-14(7-17(9-16)25(29,30)31)10-33-11-20-19(4-5-32-23(20)38-12-21(33)34)15-2-1-3-18(8-15)37-13-22(35)36/h1-9H,10-13H2,(H,35,36). The molecule has 4 rings (SSSR count). The Morgan fingerprint density at radius 2 is 1.71 bits per heavy atom. The van der Waals surface area contributed by atoms with Gasteiger partial charge < -0.3 is 19.5 Å². The topological polar surface area (TPSA) is 89.0 Å². The van der Waals surface area contributed by atoms with Gasteiger partial charge in [-0.05, 0) is 53.1 Å². The van der Waals surface area contributed by atoms with Gasteiger partial charge >= 0.3 is 18.3 Å². The average molecular weight is 540 g/mol. The van der Waals surface area contributed by atoms with Crippen LogP contribution in [0.2, 0.25) is 0 Å². The van der Waals surface area contributed by atoms with Crippen molar-refractivity contribution >= 4 is 11.9 Å². The molecule has 0 spiro atoms. The number of ether oxygens (including phenoxy) is 2. The average Bonchev–Trinajstić information content (AvgIpc) is 3.00. The Morgan fingerprint density at radius 1 is 1.03 bits per heavy atom. The molecule has 2 heterocycles. The van der Waals surface area contributed by atoms with Crippen molar-refractivity contribution in [1.29, 1.82) is 0 Å². The van der Waals surface area contributed by atoms with Gasteiger partial charge in [0.2, 0.25) is 5.88 Å². The zero-order valence-electron chi connectivity index (χ0n) is 19.3. The second-order valence-corrected chi connectivity index (χ2v) is 8.31. The van der Waals surface area contributed by atoms with E-state index < -0.39 is 55.1 Å². The van der Waals surface area contributed by atoms with E-state index in [1.165, 1.54) is 18.3 Å². The maximum Gasteiger partial charge on any atom is 0.416 e. The highest BCUT2D eigenvalue weighted by atomic mass is 19.4. The number of rotatable bonds is 6. The van der Waals surface area contributed by atoms with Gasteiger partial charge in [-0.3, -0.25) is 4.79 Å². The number of carbonyl (C=O) groups is 2. The summed E-state index contributed by atoms with van der Waals surface area (Å²) < 4.78 is 90.5. The Morgan fingerprint density at radius 3 is 2.34 bits per heavy atom. The van der Waals surface area contributed by atoms with Crippen molar-refractivity contribution in [2.45, 2.75) is 25.4 Å². The molecule has 2 aromatic carbocycles. The van der Waals surface area contributed by atoms with Crippen LogP contribution in [0.15, 0.2) is 54.7 Å². The molecule has 0 fully saturated rings. The lowest BCUT2D eigenvalue weighted by molar-refractivity contribution is -0.143. The fourth-order valence-corrected chi connectivity index (χ4v) is 3.89. The van der Waals surface area contributed by atoms with Gasteiger partial charge in [0.15, 0.2) is 13.2 Å². The van der Waals surface area contributed by atoms with E-state index in [1.807, 2.05) is 0 Å². The molecule has 1 aromatic heterocycles. The van der Waals surface area contributed by atoms with E-state index in [0.717, 1.165) is 4.90 Å². The molecule has 0 saturated carbocycles. The lowest BCUT2D eigenvalue weighted by Crippen LogP contribution is -2.32. The maximum absolute atomic E-state index is 13.3. The first-order valence-corrected chi connectivity index (χ1v) is 10.9. The first-order chi connectivity index (χ1) is 17.8. The number of carboxylic acid groups (broad SMARTS) is 1. The molecular weight excluding hydrogens is 522 g/mol. The second-order valence-electron chi connectivity index (χ2n) is 8.31. The molecule has 0 atom stereocenters. The predicted octanol–water partition coefficient (Wildman–Crippen LogP) is 5.17. The number of pyridine rings is 1. The summed E-state index contributed by atoms with van der Waals surface area (Å²) in [6.45, 7) is -1.89. The molecule has 1 amide bonds. The number of aromatic nitrogens is 1. The minimum Gasteiger partial charge on any atom is -0.482 e. The molecule has 7 nitrogen and oxygen atoms in total. The molecule has 200 valence electrons. The van der Waals surface area contributed by atoms with Crippen LogP contribution in [-0.2, 0) is 35.0 Å². The Labute approximate surface area is 211 Å². The summed E-state index contributed by atoms with van der Waals surface area (Å²) in [6, 6.07) is 9.09. The van der Waals surface area contributed by atoms with E-state index in [9.17, 15) is 35.9 Å². The fraction of sp³-hybridized carbons (Fsp3) is 0.240. The lowest BCUT2D eigenvalue weighted by Gasteiger charge is -2.22. The number of halogens is 6. The van der Waals surface area contributed by atoms with E-state index in [2.05, 4.69) is 4.98 Å². The Kier molecular flexibility index (Phi) is 7.20. The van der Waals surface area contributed by atoms with Crippen LogP contribution in [0.3, 0.4) is 0 Å². The van der Waals surface area contributed by atoms with Crippen LogP contribution in [0.25, 0.3) is 11.1 Å². The van der Waals surface area contributed by atoms with Crippen LogP contribution in [0.5, 0.6) is 11.6 Å². The third-order valence-corrected chi connectivity index (χ3v) is 5.58. The first kappa shape index (κ1) is 26.8. The van der Waals surface area contributed by atoms with Crippen molar-refractivity contribution in [3.8, 4) is 22.8 Å². The zero-order chi connectivity index (χ0) is 27.7. The highest BCUT2D eigenvalue weighted by molar-refractivity contribution is 5.80. The van der Waals surface area contributed by atoms with Crippen LogP contribution in [0.1, 0.15) is 22.3 Å². The number of alkyl halides is 6. The van der Waals surface area contributed by atoms with E-state index >= 15 is 0 Å². The maximum atomic E-state index is 13.3. The predicted molar refractivity (Wildman–Crippen MR) is 119 cm³/mol. The Bertz CT molecular complexity index is 1340. The fourth-order valence-electron chi connectivity index (χ4n) is 3.89. The lowest BCUT2D eigenvalue weighted by atomic mass is 10.00. The Balaban J connectivity index is 1.70. The number of hydrogen-bond acceptors (Lipinski definition) is 5.